The smallest absolute Gasteiger partial charge is 0.0991 e. The average Bonchev–Trinajstić information content (AvgIpc) is 3.40. The van der Waals surface area contributed by atoms with Gasteiger partial charge >= 0.3 is 0 Å². The molecule has 1 aliphatic carbocycles. The molecule has 8 rings (SSSR count). The first-order valence-corrected chi connectivity index (χ1v) is 17.3. The van der Waals surface area contributed by atoms with Gasteiger partial charge in [-0.1, -0.05) is 153 Å². The Morgan fingerprint density at radius 2 is 1.24 bits per heavy atom. The van der Waals surface area contributed by atoms with Gasteiger partial charge in [0.2, 0.25) is 0 Å². The van der Waals surface area contributed by atoms with E-state index in [4.69, 9.17) is 0 Å². The van der Waals surface area contributed by atoms with Gasteiger partial charge in [-0.25, -0.2) is 0 Å². The van der Waals surface area contributed by atoms with Gasteiger partial charge in [-0.3, -0.25) is 0 Å². The van der Waals surface area contributed by atoms with E-state index in [1.54, 1.807) is 0 Å². The second-order valence-electron chi connectivity index (χ2n) is 13.7. The number of benzene rings is 7. The molecule has 0 fully saturated rings. The zero-order valence-corrected chi connectivity index (χ0v) is 28.4. The van der Waals surface area contributed by atoms with E-state index < -0.39 is 0 Å². The van der Waals surface area contributed by atoms with E-state index in [0.29, 0.717) is 5.56 Å². The van der Waals surface area contributed by atoms with Crippen molar-refractivity contribution >= 4 is 16.5 Å². The monoisotopic (exact) mass is 642 g/mol. The van der Waals surface area contributed by atoms with E-state index in [0.717, 1.165) is 29.8 Å². The Morgan fingerprint density at radius 3 is 1.98 bits per heavy atom. The van der Waals surface area contributed by atoms with Crippen LogP contribution in [0.3, 0.4) is 0 Å². The number of hydrogen-bond donors (Lipinski definition) is 1. The zero-order valence-electron chi connectivity index (χ0n) is 28.4. The highest BCUT2D eigenvalue weighted by molar-refractivity contribution is 6.00. The van der Waals surface area contributed by atoms with Crippen molar-refractivity contribution in [1.29, 1.82) is 5.26 Å². The third-order valence-corrected chi connectivity index (χ3v) is 10.2. The van der Waals surface area contributed by atoms with Crippen LogP contribution < -0.4 is 5.32 Å². The maximum absolute atomic E-state index is 9.18. The first kappa shape index (κ1) is 31.1. The summed E-state index contributed by atoms with van der Waals surface area (Å²) in [6.45, 7) is 5.45. The minimum Gasteiger partial charge on any atom is -0.381 e. The number of allylic oxidation sites excluding steroid dienone is 1. The van der Waals surface area contributed by atoms with Crippen LogP contribution >= 0.6 is 0 Å². The lowest BCUT2D eigenvalue weighted by Crippen LogP contribution is -2.15. The normalized spacial score (nSPS) is 13.0. The summed E-state index contributed by atoms with van der Waals surface area (Å²) in [7, 11) is 0. The molecule has 0 saturated heterocycles. The van der Waals surface area contributed by atoms with Crippen molar-refractivity contribution in [1.82, 2.24) is 5.32 Å². The fraction of sp³-hybridized carbons (Fsp3) is 0.104. The molecule has 0 aromatic heterocycles. The largest absolute Gasteiger partial charge is 0.381 e. The second kappa shape index (κ2) is 13.0. The highest BCUT2D eigenvalue weighted by atomic mass is 14.9. The SMILES string of the molecule is CC1(C)c2cc3ccccc3cc2-c2c(-c3ccccc3/C(=C/Cc3ccc(-c4ccc(C#N)cc4)cc3)NCc3ccccc3)cccc21. The molecule has 240 valence electrons. The molecule has 2 heteroatoms. The van der Waals surface area contributed by atoms with E-state index in [9.17, 15) is 5.26 Å². The third kappa shape index (κ3) is 5.78. The van der Waals surface area contributed by atoms with E-state index in [-0.39, 0.29) is 5.41 Å². The van der Waals surface area contributed by atoms with Gasteiger partial charge < -0.3 is 5.32 Å². The van der Waals surface area contributed by atoms with Crippen LogP contribution in [-0.4, -0.2) is 0 Å². The molecule has 0 radical (unpaired) electrons. The number of fused-ring (bicyclic) bond motifs is 4. The van der Waals surface area contributed by atoms with Crippen LogP contribution in [0.1, 0.15) is 47.2 Å². The molecule has 50 heavy (non-hydrogen) atoms. The van der Waals surface area contributed by atoms with Crippen LogP contribution in [0.4, 0.5) is 0 Å². The van der Waals surface area contributed by atoms with E-state index in [1.165, 1.54) is 60.8 Å². The Kier molecular flexibility index (Phi) is 8.11. The van der Waals surface area contributed by atoms with Crippen molar-refractivity contribution in [2.75, 3.05) is 0 Å². The molecular formula is C48H38N2. The van der Waals surface area contributed by atoms with Gasteiger partial charge in [0.15, 0.2) is 0 Å². The molecule has 0 heterocycles. The maximum atomic E-state index is 9.18. The molecule has 0 aliphatic heterocycles. The zero-order chi connectivity index (χ0) is 34.1. The van der Waals surface area contributed by atoms with Gasteiger partial charge in [0.25, 0.3) is 0 Å². The molecule has 7 aromatic rings. The molecule has 0 atom stereocenters. The van der Waals surface area contributed by atoms with Crippen LogP contribution in [0.25, 0.3) is 49.9 Å². The number of nitrogens with zero attached hydrogens (tertiary/aromatic N) is 1. The van der Waals surface area contributed by atoms with Crippen molar-refractivity contribution in [2.45, 2.75) is 32.2 Å². The average molecular weight is 643 g/mol. The second-order valence-corrected chi connectivity index (χ2v) is 13.7. The van der Waals surface area contributed by atoms with Gasteiger partial charge in [0.1, 0.15) is 0 Å². The van der Waals surface area contributed by atoms with Crippen LogP contribution in [0, 0.1) is 11.3 Å². The summed E-state index contributed by atoms with van der Waals surface area (Å²) in [4.78, 5) is 0. The number of nitriles is 1. The number of hydrogen-bond acceptors (Lipinski definition) is 2. The van der Waals surface area contributed by atoms with Crippen LogP contribution in [0.5, 0.6) is 0 Å². The summed E-state index contributed by atoms with van der Waals surface area (Å²) < 4.78 is 0. The molecule has 0 amide bonds. The Balaban J connectivity index is 1.20. The lowest BCUT2D eigenvalue weighted by atomic mass is 9.81. The minimum atomic E-state index is -0.103. The van der Waals surface area contributed by atoms with Crippen molar-refractivity contribution in [2.24, 2.45) is 0 Å². The highest BCUT2D eigenvalue weighted by Crippen LogP contribution is 2.53. The molecular weight excluding hydrogens is 605 g/mol. The van der Waals surface area contributed by atoms with Gasteiger partial charge in [-0.05, 0) is 97.1 Å². The Labute approximate surface area is 295 Å². The molecule has 0 bridgehead atoms. The Bertz CT molecular complexity index is 2410. The van der Waals surface area contributed by atoms with E-state index in [2.05, 4.69) is 165 Å². The van der Waals surface area contributed by atoms with Crippen molar-refractivity contribution < 1.29 is 0 Å². The summed E-state index contributed by atoms with van der Waals surface area (Å²) >= 11 is 0. The topological polar surface area (TPSA) is 35.8 Å². The summed E-state index contributed by atoms with van der Waals surface area (Å²) in [5, 5.41) is 15.6. The molecule has 0 unspecified atom stereocenters. The van der Waals surface area contributed by atoms with Crippen molar-refractivity contribution in [3.8, 4) is 39.4 Å². The van der Waals surface area contributed by atoms with Gasteiger partial charge in [0, 0.05) is 23.2 Å². The lowest BCUT2D eigenvalue weighted by Gasteiger charge is -2.22. The van der Waals surface area contributed by atoms with E-state index >= 15 is 0 Å². The molecule has 0 saturated carbocycles. The first-order valence-electron chi connectivity index (χ1n) is 17.3. The fourth-order valence-corrected chi connectivity index (χ4v) is 7.51. The predicted molar refractivity (Wildman–Crippen MR) is 209 cm³/mol. The molecule has 0 spiro atoms. The minimum absolute atomic E-state index is 0.103. The Hall–Kier alpha value is -6.17. The standard InChI is InChI=1S/C48H38N2/c1-48(2)44-18-10-17-42(47(44)43-29-38-13-6-7-14-39(38)30-45(43)48)40-15-8-9-16-41(40)46(50-32-35-11-4-3-5-12-35)28-23-33-19-24-36(25-20-33)37-26-21-34(31-49)22-27-37/h3-22,24-30,50H,23,32H2,1-2H3/b46-28-. The van der Waals surface area contributed by atoms with E-state index in [1.807, 2.05) is 24.3 Å². The predicted octanol–water partition coefficient (Wildman–Crippen LogP) is 11.7. The number of rotatable bonds is 8. The highest BCUT2D eigenvalue weighted by Gasteiger charge is 2.37. The summed E-state index contributed by atoms with van der Waals surface area (Å²) in [5.41, 5.74) is 15.5. The van der Waals surface area contributed by atoms with Crippen molar-refractivity contribution in [3.63, 3.8) is 0 Å². The van der Waals surface area contributed by atoms with Crippen LogP contribution in [0.2, 0.25) is 0 Å². The summed E-state index contributed by atoms with van der Waals surface area (Å²) in [6, 6.07) is 58.5. The quantitative estimate of drug-likeness (QED) is 0.179. The summed E-state index contributed by atoms with van der Waals surface area (Å²) in [5.74, 6) is 0. The third-order valence-electron chi connectivity index (χ3n) is 10.2. The van der Waals surface area contributed by atoms with Crippen LogP contribution in [-0.2, 0) is 18.4 Å². The summed E-state index contributed by atoms with van der Waals surface area (Å²) in [6.07, 6.45) is 3.13. The number of nitrogens with one attached hydrogen (secondary N) is 1. The van der Waals surface area contributed by atoms with Gasteiger partial charge in [-0.2, -0.15) is 5.26 Å². The fourth-order valence-electron chi connectivity index (χ4n) is 7.51. The Morgan fingerprint density at radius 1 is 0.600 bits per heavy atom. The molecule has 2 nitrogen and oxygen atoms in total. The first-order chi connectivity index (χ1) is 24.5. The lowest BCUT2D eigenvalue weighted by molar-refractivity contribution is 0.661. The maximum Gasteiger partial charge on any atom is 0.0991 e. The molecule has 1 aliphatic rings. The van der Waals surface area contributed by atoms with Crippen LogP contribution in [0.15, 0.2) is 164 Å². The van der Waals surface area contributed by atoms with Gasteiger partial charge in [-0.15, -0.1) is 0 Å². The molecule has 1 N–H and O–H groups in total. The van der Waals surface area contributed by atoms with Gasteiger partial charge in [0.05, 0.1) is 11.6 Å². The molecule has 7 aromatic carbocycles. The van der Waals surface area contributed by atoms with Crippen molar-refractivity contribution in [3.05, 3.63) is 197 Å².